The minimum atomic E-state index is -0.856. The van der Waals surface area contributed by atoms with Crippen LogP contribution in [0.15, 0.2) is 59.7 Å². The monoisotopic (exact) mass is 516 g/mol. The molecule has 1 fully saturated rings. The first-order valence-electron chi connectivity index (χ1n) is 12.3. The molecule has 1 aliphatic heterocycles. The van der Waals surface area contributed by atoms with Crippen molar-refractivity contribution in [2.75, 3.05) is 11.5 Å². The number of hydrogen-bond donors (Lipinski definition) is 1. The van der Waals surface area contributed by atoms with Crippen molar-refractivity contribution in [2.24, 2.45) is 0 Å². The van der Waals surface area contributed by atoms with Crippen molar-refractivity contribution in [3.05, 3.63) is 82.3 Å². The average molecular weight is 517 g/mol. The number of aromatic nitrogens is 3. The van der Waals surface area contributed by atoms with Gasteiger partial charge in [0.05, 0.1) is 23.9 Å². The van der Waals surface area contributed by atoms with Crippen LogP contribution in [0.3, 0.4) is 0 Å². The van der Waals surface area contributed by atoms with Crippen LogP contribution in [0.25, 0.3) is 11.4 Å². The fourth-order valence-corrected chi connectivity index (χ4v) is 5.31. The first-order chi connectivity index (χ1) is 17.9. The van der Waals surface area contributed by atoms with Gasteiger partial charge in [-0.05, 0) is 49.6 Å². The minimum Gasteiger partial charge on any atom is -0.505 e. The van der Waals surface area contributed by atoms with Gasteiger partial charge in [-0.15, -0.1) is 11.3 Å². The second-order valence-electron chi connectivity index (χ2n) is 9.04. The van der Waals surface area contributed by atoms with Gasteiger partial charge in [-0.1, -0.05) is 38.0 Å². The minimum absolute atomic E-state index is 0.0130. The summed E-state index contributed by atoms with van der Waals surface area (Å²) in [6.45, 7) is 6.52. The van der Waals surface area contributed by atoms with Gasteiger partial charge in [0.2, 0.25) is 0 Å². The van der Waals surface area contributed by atoms with E-state index in [-0.39, 0.29) is 17.0 Å². The maximum Gasteiger partial charge on any atom is 0.301 e. The molecule has 0 radical (unpaired) electrons. The maximum absolute atomic E-state index is 13.4. The molecule has 1 saturated heterocycles. The molecule has 0 saturated carbocycles. The molecule has 0 aliphatic carbocycles. The first-order valence-corrected chi connectivity index (χ1v) is 13.2. The largest absolute Gasteiger partial charge is 0.505 e. The number of carbonyl (C=O) groups excluding carboxylic acids is 2. The van der Waals surface area contributed by atoms with Crippen molar-refractivity contribution in [1.82, 2.24) is 14.4 Å². The van der Waals surface area contributed by atoms with Gasteiger partial charge in [-0.3, -0.25) is 14.5 Å². The number of rotatable bonds is 8. The number of nitrogens with zero attached hydrogens (tertiary/aromatic N) is 4. The predicted octanol–water partition coefficient (Wildman–Crippen LogP) is 5.60. The number of pyridine rings is 1. The molecule has 0 spiro atoms. The SMILES string of the molecule is CCCCCOc1ccc(C2/C(=C(\O)c3nc4c(C)cccn4c3C)C(=O)C(=O)N2c2nccs2)cc1. The van der Waals surface area contributed by atoms with E-state index in [0.29, 0.717) is 34.4 Å². The number of imidazole rings is 1. The normalized spacial score (nSPS) is 17.2. The predicted molar refractivity (Wildman–Crippen MR) is 143 cm³/mol. The van der Waals surface area contributed by atoms with Crippen molar-refractivity contribution < 1.29 is 19.4 Å². The zero-order chi connectivity index (χ0) is 26.1. The van der Waals surface area contributed by atoms with Crippen LogP contribution < -0.4 is 9.64 Å². The van der Waals surface area contributed by atoms with Crippen molar-refractivity contribution in [3.63, 3.8) is 0 Å². The summed E-state index contributed by atoms with van der Waals surface area (Å²) >= 11 is 1.25. The summed E-state index contributed by atoms with van der Waals surface area (Å²) in [5.41, 5.74) is 3.20. The highest BCUT2D eigenvalue weighted by molar-refractivity contribution is 7.14. The number of anilines is 1. The number of thiazole rings is 1. The van der Waals surface area contributed by atoms with E-state index < -0.39 is 17.7 Å². The number of aryl methyl sites for hydroxylation is 2. The Bertz CT molecular complexity index is 1490. The Hall–Kier alpha value is -3.98. The van der Waals surface area contributed by atoms with Gasteiger partial charge >= 0.3 is 5.91 Å². The fraction of sp³-hybridized carbons (Fsp3) is 0.286. The van der Waals surface area contributed by atoms with Gasteiger partial charge in [0.25, 0.3) is 5.78 Å². The topological polar surface area (TPSA) is 97.0 Å². The molecule has 1 N–H and O–H groups in total. The van der Waals surface area contributed by atoms with Crippen molar-refractivity contribution >= 4 is 39.6 Å². The Kier molecular flexibility index (Phi) is 6.80. The Balaban J connectivity index is 1.61. The number of Topliss-reactive ketones (excluding diaryl/α,β-unsaturated/α-hetero) is 1. The molecular formula is C28H28N4O4S. The average Bonchev–Trinajstić information content (AvgIpc) is 3.61. The number of ether oxygens (including phenoxy) is 1. The van der Waals surface area contributed by atoms with Crippen LogP contribution in [0.2, 0.25) is 0 Å². The summed E-state index contributed by atoms with van der Waals surface area (Å²) in [7, 11) is 0. The van der Waals surface area contributed by atoms with Gasteiger partial charge in [0.15, 0.2) is 10.9 Å². The van der Waals surface area contributed by atoms with E-state index in [1.165, 1.54) is 16.2 Å². The standard InChI is InChI=1S/C28H28N4O4S/c1-4-5-6-15-36-20-11-9-19(10-12-20)23-21(25(34)27(35)32(23)28-29-13-16-37-28)24(33)22-18(3)31-14-7-8-17(2)26(31)30-22/h7-14,16,23,33H,4-6,15H2,1-3H3/b24-21+. The van der Waals surface area contributed by atoms with Gasteiger partial charge in [0.1, 0.15) is 17.1 Å². The van der Waals surface area contributed by atoms with E-state index in [2.05, 4.69) is 16.9 Å². The van der Waals surface area contributed by atoms with Crippen LogP contribution in [-0.4, -0.2) is 37.8 Å². The molecule has 4 aromatic rings. The molecule has 1 unspecified atom stereocenters. The third kappa shape index (κ3) is 4.40. The molecule has 0 bridgehead atoms. The van der Waals surface area contributed by atoms with E-state index in [1.54, 1.807) is 11.6 Å². The molecule has 9 heteroatoms. The summed E-state index contributed by atoms with van der Waals surface area (Å²) < 4.78 is 7.70. The number of unbranched alkanes of at least 4 members (excludes halogenated alkanes) is 2. The van der Waals surface area contributed by atoms with E-state index in [0.717, 1.165) is 24.8 Å². The highest BCUT2D eigenvalue weighted by Crippen LogP contribution is 2.43. The maximum atomic E-state index is 13.4. The van der Waals surface area contributed by atoms with Crippen molar-refractivity contribution in [3.8, 4) is 5.75 Å². The second-order valence-corrected chi connectivity index (χ2v) is 9.91. The summed E-state index contributed by atoms with van der Waals surface area (Å²) in [4.78, 5) is 36.9. The Morgan fingerprint density at radius 2 is 1.92 bits per heavy atom. The van der Waals surface area contributed by atoms with Crippen LogP contribution in [-0.2, 0) is 9.59 Å². The lowest BCUT2D eigenvalue weighted by Crippen LogP contribution is -2.29. The molecule has 4 heterocycles. The van der Waals surface area contributed by atoms with Crippen LogP contribution >= 0.6 is 11.3 Å². The number of aliphatic hydroxyl groups excluding tert-OH is 1. The molecule has 3 aromatic heterocycles. The highest BCUT2D eigenvalue weighted by Gasteiger charge is 2.48. The van der Waals surface area contributed by atoms with Gasteiger partial charge in [-0.25, -0.2) is 9.97 Å². The molecule has 1 amide bonds. The number of benzene rings is 1. The first kappa shape index (κ1) is 24.7. The Morgan fingerprint density at radius 1 is 1.14 bits per heavy atom. The molecule has 1 aliphatic rings. The number of ketones is 1. The number of fused-ring (bicyclic) bond motifs is 1. The molecule has 37 heavy (non-hydrogen) atoms. The summed E-state index contributed by atoms with van der Waals surface area (Å²) in [5.74, 6) is -1.11. The number of amides is 1. The van der Waals surface area contributed by atoms with Crippen molar-refractivity contribution in [2.45, 2.75) is 46.1 Å². The zero-order valence-electron chi connectivity index (χ0n) is 21.0. The van der Waals surface area contributed by atoms with E-state index in [4.69, 9.17) is 4.74 Å². The summed E-state index contributed by atoms with van der Waals surface area (Å²) in [6.07, 6.45) is 6.62. The Labute approximate surface area is 218 Å². The highest BCUT2D eigenvalue weighted by atomic mass is 32.1. The Morgan fingerprint density at radius 3 is 2.59 bits per heavy atom. The second kappa shape index (κ2) is 10.2. The lowest BCUT2D eigenvalue weighted by molar-refractivity contribution is -0.132. The summed E-state index contributed by atoms with van der Waals surface area (Å²) in [5, 5.41) is 13.6. The van der Waals surface area contributed by atoms with E-state index in [1.807, 2.05) is 60.8 Å². The number of carbonyl (C=O) groups is 2. The smallest absolute Gasteiger partial charge is 0.301 e. The lowest BCUT2D eigenvalue weighted by Gasteiger charge is -2.23. The summed E-state index contributed by atoms with van der Waals surface area (Å²) in [6, 6.07) is 10.3. The van der Waals surface area contributed by atoms with Crippen LogP contribution in [0.1, 0.15) is 54.7 Å². The molecule has 1 atom stereocenters. The lowest BCUT2D eigenvalue weighted by atomic mass is 9.96. The van der Waals surface area contributed by atoms with Gasteiger partial charge in [-0.2, -0.15) is 0 Å². The molecule has 5 rings (SSSR count). The van der Waals surface area contributed by atoms with Crippen LogP contribution in [0.5, 0.6) is 5.75 Å². The van der Waals surface area contributed by atoms with E-state index in [9.17, 15) is 14.7 Å². The van der Waals surface area contributed by atoms with Crippen molar-refractivity contribution in [1.29, 1.82) is 0 Å². The fourth-order valence-electron chi connectivity index (χ4n) is 4.64. The number of aliphatic hydroxyl groups is 1. The molecule has 190 valence electrons. The van der Waals surface area contributed by atoms with Gasteiger partial charge < -0.3 is 14.2 Å². The zero-order valence-corrected chi connectivity index (χ0v) is 21.8. The van der Waals surface area contributed by atoms with E-state index >= 15 is 0 Å². The quantitative estimate of drug-likeness (QED) is 0.142. The van der Waals surface area contributed by atoms with Crippen LogP contribution in [0.4, 0.5) is 5.13 Å². The molecular weight excluding hydrogens is 488 g/mol. The number of hydrogen-bond acceptors (Lipinski definition) is 7. The van der Waals surface area contributed by atoms with Gasteiger partial charge in [0, 0.05) is 17.8 Å². The third-order valence-corrected chi connectivity index (χ3v) is 7.36. The molecule has 1 aromatic carbocycles. The third-order valence-electron chi connectivity index (χ3n) is 6.59. The molecule has 8 nitrogen and oxygen atoms in total. The van der Waals surface area contributed by atoms with Crippen LogP contribution in [0, 0.1) is 13.8 Å².